The third-order valence-electron chi connectivity index (χ3n) is 3.99. The van der Waals surface area contributed by atoms with Crippen molar-refractivity contribution in [1.82, 2.24) is 15.2 Å². The number of nitrogens with zero attached hydrogens (tertiary/aromatic N) is 1. The summed E-state index contributed by atoms with van der Waals surface area (Å²) in [6.07, 6.45) is 0. The first-order chi connectivity index (χ1) is 11.7. The number of rotatable bonds is 3. The highest BCUT2D eigenvalue weighted by Crippen LogP contribution is 2.39. The molecule has 0 aliphatic carbocycles. The summed E-state index contributed by atoms with van der Waals surface area (Å²) in [6.45, 7) is 0. The van der Waals surface area contributed by atoms with Crippen LogP contribution in [0.4, 0.5) is 4.39 Å². The summed E-state index contributed by atoms with van der Waals surface area (Å²) < 4.78 is 18.4. The molecule has 2 aromatic carbocycles. The minimum atomic E-state index is -0.312. The van der Waals surface area contributed by atoms with E-state index >= 15 is 0 Å². The number of H-pyrrole nitrogens is 2. The van der Waals surface area contributed by atoms with E-state index in [9.17, 15) is 9.50 Å². The van der Waals surface area contributed by atoms with Gasteiger partial charge >= 0.3 is 0 Å². The average Bonchev–Trinajstić information content (AvgIpc) is 3.18. The van der Waals surface area contributed by atoms with E-state index in [1.807, 2.05) is 24.3 Å². The smallest absolute Gasteiger partial charge is 0.215 e. The van der Waals surface area contributed by atoms with Gasteiger partial charge < -0.3 is 14.8 Å². The van der Waals surface area contributed by atoms with Crippen LogP contribution in [0.5, 0.6) is 11.6 Å². The van der Waals surface area contributed by atoms with Crippen molar-refractivity contribution in [3.63, 3.8) is 0 Å². The van der Waals surface area contributed by atoms with Gasteiger partial charge in [0.15, 0.2) is 0 Å². The molecule has 4 rings (SSSR count). The van der Waals surface area contributed by atoms with E-state index in [0.717, 1.165) is 22.3 Å². The normalized spacial score (nSPS) is 11.1. The molecule has 0 aliphatic heterocycles. The van der Waals surface area contributed by atoms with Gasteiger partial charge in [-0.05, 0) is 54.1 Å². The standard InChI is InChI=1S/C18H14FN3O2/c1-24-13-8-4-11(5-9-13)16-14-15(10-2-6-12(19)7-3-10)20-18(23)17(14)22-21-16/h2-9,20,22-23H,1H3. The lowest BCUT2D eigenvalue weighted by atomic mass is 10.0. The van der Waals surface area contributed by atoms with Crippen LogP contribution in [0.1, 0.15) is 0 Å². The van der Waals surface area contributed by atoms with E-state index in [-0.39, 0.29) is 11.7 Å². The lowest BCUT2D eigenvalue weighted by Crippen LogP contribution is -1.85. The molecule has 0 atom stereocenters. The van der Waals surface area contributed by atoms with Crippen LogP contribution >= 0.6 is 0 Å². The summed E-state index contributed by atoms with van der Waals surface area (Å²) in [5.74, 6) is 0.436. The van der Waals surface area contributed by atoms with E-state index in [1.165, 1.54) is 12.1 Å². The molecule has 0 bridgehead atoms. The number of aromatic hydroxyl groups is 1. The van der Waals surface area contributed by atoms with E-state index < -0.39 is 0 Å². The number of hydrogen-bond donors (Lipinski definition) is 3. The predicted molar refractivity (Wildman–Crippen MR) is 89.5 cm³/mol. The van der Waals surface area contributed by atoms with Gasteiger partial charge in [0.2, 0.25) is 5.88 Å². The number of benzene rings is 2. The van der Waals surface area contributed by atoms with E-state index in [0.29, 0.717) is 16.9 Å². The molecule has 0 fully saturated rings. The first kappa shape index (κ1) is 14.3. The van der Waals surface area contributed by atoms with Crippen molar-refractivity contribution in [3.8, 4) is 34.1 Å². The molecule has 0 unspecified atom stereocenters. The summed E-state index contributed by atoms with van der Waals surface area (Å²) in [5.41, 5.74) is 3.54. The van der Waals surface area contributed by atoms with Gasteiger partial charge in [-0.15, -0.1) is 0 Å². The van der Waals surface area contributed by atoms with Gasteiger partial charge in [0.25, 0.3) is 0 Å². The highest BCUT2D eigenvalue weighted by molar-refractivity contribution is 6.05. The minimum absolute atomic E-state index is 0.00316. The zero-order valence-corrected chi connectivity index (χ0v) is 12.8. The second kappa shape index (κ2) is 5.42. The van der Waals surface area contributed by atoms with Gasteiger partial charge in [0.05, 0.1) is 18.2 Å². The van der Waals surface area contributed by atoms with Crippen LogP contribution in [-0.2, 0) is 0 Å². The molecule has 4 aromatic rings. The number of aromatic amines is 2. The Hall–Kier alpha value is -3.28. The average molecular weight is 323 g/mol. The molecule has 0 aliphatic rings. The lowest BCUT2D eigenvalue weighted by Gasteiger charge is -2.03. The van der Waals surface area contributed by atoms with Crippen LogP contribution in [0.15, 0.2) is 48.5 Å². The Morgan fingerprint density at radius 3 is 2.33 bits per heavy atom. The quantitative estimate of drug-likeness (QED) is 0.532. The molecule has 5 nitrogen and oxygen atoms in total. The maximum atomic E-state index is 13.2. The lowest BCUT2D eigenvalue weighted by molar-refractivity contribution is 0.415. The fourth-order valence-electron chi connectivity index (χ4n) is 2.79. The molecule has 0 amide bonds. The molecule has 120 valence electrons. The summed E-state index contributed by atoms with van der Waals surface area (Å²) in [7, 11) is 1.61. The summed E-state index contributed by atoms with van der Waals surface area (Å²) >= 11 is 0. The van der Waals surface area contributed by atoms with Crippen molar-refractivity contribution < 1.29 is 14.2 Å². The molecular formula is C18H14FN3O2. The molecule has 24 heavy (non-hydrogen) atoms. The topological polar surface area (TPSA) is 73.9 Å². The highest BCUT2D eigenvalue weighted by atomic mass is 19.1. The largest absolute Gasteiger partial charge is 0.497 e. The number of aromatic nitrogens is 3. The van der Waals surface area contributed by atoms with Crippen LogP contribution in [0, 0.1) is 5.82 Å². The molecule has 0 radical (unpaired) electrons. The predicted octanol–water partition coefficient (Wildman–Crippen LogP) is 4.08. The SMILES string of the molecule is COc1ccc(-c2n[nH]c3c(O)[nH]c(-c4ccc(F)cc4)c23)cc1. The Balaban J connectivity index is 1.92. The molecule has 2 heterocycles. The fourth-order valence-corrected chi connectivity index (χ4v) is 2.79. The van der Waals surface area contributed by atoms with Crippen molar-refractivity contribution in [2.75, 3.05) is 7.11 Å². The maximum absolute atomic E-state index is 13.2. The van der Waals surface area contributed by atoms with E-state index in [2.05, 4.69) is 15.2 Å². The summed E-state index contributed by atoms with van der Waals surface area (Å²) in [5, 5.41) is 18.1. The van der Waals surface area contributed by atoms with Crippen LogP contribution in [0.25, 0.3) is 33.4 Å². The van der Waals surface area contributed by atoms with Crippen molar-refractivity contribution >= 4 is 10.9 Å². The molecule has 0 saturated heterocycles. The van der Waals surface area contributed by atoms with Gasteiger partial charge in [-0.1, -0.05) is 0 Å². The minimum Gasteiger partial charge on any atom is -0.497 e. The van der Waals surface area contributed by atoms with Crippen LogP contribution in [-0.4, -0.2) is 27.4 Å². The first-order valence-corrected chi connectivity index (χ1v) is 7.36. The van der Waals surface area contributed by atoms with Crippen molar-refractivity contribution in [2.45, 2.75) is 0 Å². The number of nitrogens with one attached hydrogen (secondary N) is 2. The molecule has 0 saturated carbocycles. The maximum Gasteiger partial charge on any atom is 0.215 e. The van der Waals surface area contributed by atoms with Gasteiger partial charge in [0, 0.05) is 5.56 Å². The number of methoxy groups -OCH3 is 1. The second-order valence-electron chi connectivity index (χ2n) is 5.41. The molecule has 6 heteroatoms. The molecule has 3 N–H and O–H groups in total. The van der Waals surface area contributed by atoms with E-state index in [4.69, 9.17) is 4.74 Å². The third-order valence-corrected chi connectivity index (χ3v) is 3.99. The van der Waals surface area contributed by atoms with Crippen molar-refractivity contribution in [1.29, 1.82) is 0 Å². The Kier molecular flexibility index (Phi) is 3.23. The van der Waals surface area contributed by atoms with Gasteiger partial charge in [-0.3, -0.25) is 5.10 Å². The molecular weight excluding hydrogens is 309 g/mol. The van der Waals surface area contributed by atoms with Gasteiger partial charge in [0.1, 0.15) is 22.8 Å². The first-order valence-electron chi connectivity index (χ1n) is 7.36. The van der Waals surface area contributed by atoms with Crippen LogP contribution in [0.3, 0.4) is 0 Å². The van der Waals surface area contributed by atoms with Gasteiger partial charge in [-0.2, -0.15) is 5.10 Å². The molecule has 2 aromatic heterocycles. The third kappa shape index (κ3) is 2.20. The van der Waals surface area contributed by atoms with Crippen molar-refractivity contribution in [3.05, 3.63) is 54.3 Å². The second-order valence-corrected chi connectivity index (χ2v) is 5.41. The highest BCUT2D eigenvalue weighted by Gasteiger charge is 2.19. The summed E-state index contributed by atoms with van der Waals surface area (Å²) in [6, 6.07) is 13.6. The Labute approximate surface area is 136 Å². The monoisotopic (exact) mass is 323 g/mol. The Morgan fingerprint density at radius 2 is 1.67 bits per heavy atom. The number of ether oxygens (including phenoxy) is 1. The zero-order chi connectivity index (χ0) is 16.7. The Bertz CT molecular complexity index is 1000. The molecule has 0 spiro atoms. The summed E-state index contributed by atoms with van der Waals surface area (Å²) in [4.78, 5) is 2.94. The van der Waals surface area contributed by atoms with E-state index in [1.54, 1.807) is 19.2 Å². The zero-order valence-electron chi connectivity index (χ0n) is 12.8. The van der Waals surface area contributed by atoms with Crippen LogP contribution < -0.4 is 4.74 Å². The van der Waals surface area contributed by atoms with Crippen LogP contribution in [0.2, 0.25) is 0 Å². The number of halogens is 1. The Morgan fingerprint density at radius 1 is 1.00 bits per heavy atom. The number of fused-ring (bicyclic) bond motifs is 1. The number of hydrogen-bond acceptors (Lipinski definition) is 3. The van der Waals surface area contributed by atoms with Gasteiger partial charge in [-0.25, -0.2) is 4.39 Å². The van der Waals surface area contributed by atoms with Crippen molar-refractivity contribution in [2.24, 2.45) is 0 Å². The fraction of sp³-hybridized carbons (Fsp3) is 0.0556.